The van der Waals surface area contributed by atoms with Gasteiger partial charge in [-0.1, -0.05) is 44.6 Å². The van der Waals surface area contributed by atoms with E-state index in [-0.39, 0.29) is 11.6 Å². The summed E-state index contributed by atoms with van der Waals surface area (Å²) >= 11 is 3.16. The van der Waals surface area contributed by atoms with E-state index in [9.17, 15) is 9.18 Å². The predicted molar refractivity (Wildman–Crippen MR) is 78.6 cm³/mol. The lowest BCUT2D eigenvalue weighted by atomic mass is 9.92. The van der Waals surface area contributed by atoms with Gasteiger partial charge in [0.1, 0.15) is 11.6 Å². The molecule has 1 aromatic rings. The average molecular weight is 327 g/mol. The van der Waals surface area contributed by atoms with Gasteiger partial charge >= 0.3 is 0 Å². The summed E-state index contributed by atoms with van der Waals surface area (Å²) in [5.41, 5.74) is 0.895. The van der Waals surface area contributed by atoms with Crippen molar-refractivity contribution in [2.24, 2.45) is 5.92 Å². The van der Waals surface area contributed by atoms with Crippen LogP contribution < -0.4 is 0 Å². The second-order valence-corrected chi connectivity index (χ2v) is 6.38. The molecule has 0 saturated heterocycles. The van der Waals surface area contributed by atoms with Crippen molar-refractivity contribution in [3.05, 3.63) is 34.1 Å². The van der Waals surface area contributed by atoms with E-state index in [2.05, 4.69) is 15.9 Å². The fourth-order valence-corrected chi connectivity index (χ4v) is 3.27. The van der Waals surface area contributed by atoms with Crippen LogP contribution in [0, 0.1) is 11.7 Å². The number of hydrogen-bond donors (Lipinski definition) is 0. The van der Waals surface area contributed by atoms with Crippen LogP contribution in [-0.2, 0) is 11.2 Å². The Labute approximate surface area is 122 Å². The first kappa shape index (κ1) is 14.7. The molecule has 1 aliphatic carbocycles. The number of benzene rings is 1. The maximum absolute atomic E-state index is 13.1. The zero-order valence-corrected chi connectivity index (χ0v) is 12.7. The van der Waals surface area contributed by atoms with Crippen molar-refractivity contribution < 1.29 is 9.18 Å². The highest BCUT2D eigenvalue weighted by Crippen LogP contribution is 2.26. The Balaban J connectivity index is 1.87. The average Bonchev–Trinajstić information content (AvgIpc) is 2.62. The Kier molecular flexibility index (Phi) is 5.56. The smallest absolute Gasteiger partial charge is 0.137 e. The summed E-state index contributed by atoms with van der Waals surface area (Å²) in [6.07, 6.45) is 8.66. The van der Waals surface area contributed by atoms with E-state index >= 15 is 0 Å². The van der Waals surface area contributed by atoms with Crippen molar-refractivity contribution in [1.29, 1.82) is 0 Å². The molecule has 104 valence electrons. The minimum atomic E-state index is -0.278. The molecule has 0 N–H and O–H groups in total. The molecule has 0 atom stereocenters. The second kappa shape index (κ2) is 7.18. The SMILES string of the molecule is O=C(Cc1ccc(F)c(Br)c1)CC1CCCCCC1. The molecule has 0 amide bonds. The van der Waals surface area contributed by atoms with Crippen molar-refractivity contribution in [2.45, 2.75) is 51.4 Å². The molecule has 1 aromatic carbocycles. The molecule has 0 radical (unpaired) electrons. The van der Waals surface area contributed by atoms with Gasteiger partial charge < -0.3 is 0 Å². The monoisotopic (exact) mass is 326 g/mol. The van der Waals surface area contributed by atoms with Crippen LogP contribution in [0.4, 0.5) is 4.39 Å². The standard InChI is InChI=1S/C16H20BrFO/c17-15-11-13(7-8-16(15)18)10-14(19)9-12-5-3-1-2-4-6-12/h7-8,11-12H,1-6,9-10H2. The summed E-state index contributed by atoms with van der Waals surface area (Å²) in [6.45, 7) is 0. The van der Waals surface area contributed by atoms with Crippen molar-refractivity contribution in [1.82, 2.24) is 0 Å². The third-order valence-corrected chi connectivity index (χ3v) is 4.48. The first-order valence-corrected chi connectivity index (χ1v) is 7.90. The molecule has 1 aliphatic rings. The van der Waals surface area contributed by atoms with E-state index in [0.717, 1.165) is 5.56 Å². The first-order valence-electron chi connectivity index (χ1n) is 7.11. The van der Waals surface area contributed by atoms with Crippen LogP contribution in [0.5, 0.6) is 0 Å². The molecule has 1 fully saturated rings. The third kappa shape index (κ3) is 4.72. The van der Waals surface area contributed by atoms with E-state index in [4.69, 9.17) is 0 Å². The number of ketones is 1. The summed E-state index contributed by atoms with van der Waals surface area (Å²) < 4.78 is 13.6. The summed E-state index contributed by atoms with van der Waals surface area (Å²) in [4.78, 5) is 12.1. The molecule has 0 spiro atoms. The van der Waals surface area contributed by atoms with Gasteiger partial charge in [-0.05, 0) is 39.5 Å². The molecule has 0 aromatic heterocycles. The predicted octanol–water partition coefficient (Wildman–Crippen LogP) is 5.06. The number of hydrogen-bond acceptors (Lipinski definition) is 1. The molecule has 1 saturated carbocycles. The van der Waals surface area contributed by atoms with Crippen LogP contribution in [0.2, 0.25) is 0 Å². The van der Waals surface area contributed by atoms with E-state index in [0.29, 0.717) is 23.2 Å². The van der Waals surface area contributed by atoms with Gasteiger partial charge in [0.15, 0.2) is 0 Å². The Hall–Kier alpha value is -0.700. The Morgan fingerprint density at radius 3 is 2.53 bits per heavy atom. The molecule has 0 aliphatic heterocycles. The lowest BCUT2D eigenvalue weighted by Gasteiger charge is -2.12. The fourth-order valence-electron chi connectivity index (χ4n) is 2.84. The molecule has 1 nitrogen and oxygen atoms in total. The van der Waals surface area contributed by atoms with Gasteiger partial charge in [-0.25, -0.2) is 4.39 Å². The van der Waals surface area contributed by atoms with Gasteiger partial charge in [0.05, 0.1) is 4.47 Å². The van der Waals surface area contributed by atoms with Crippen LogP contribution in [0.25, 0.3) is 0 Å². The van der Waals surface area contributed by atoms with E-state index in [1.54, 1.807) is 12.1 Å². The van der Waals surface area contributed by atoms with E-state index in [1.807, 2.05) is 0 Å². The van der Waals surface area contributed by atoms with Crippen LogP contribution in [0.15, 0.2) is 22.7 Å². The molecule has 0 heterocycles. The maximum Gasteiger partial charge on any atom is 0.137 e. The van der Waals surface area contributed by atoms with Crippen LogP contribution in [-0.4, -0.2) is 5.78 Å². The van der Waals surface area contributed by atoms with Crippen LogP contribution >= 0.6 is 15.9 Å². The molecule has 3 heteroatoms. The second-order valence-electron chi connectivity index (χ2n) is 5.53. The molecular weight excluding hydrogens is 307 g/mol. The molecule has 0 unspecified atom stereocenters. The third-order valence-electron chi connectivity index (χ3n) is 3.88. The normalized spacial score (nSPS) is 17.2. The van der Waals surface area contributed by atoms with E-state index < -0.39 is 0 Å². The number of carbonyl (C=O) groups excluding carboxylic acids is 1. The zero-order chi connectivity index (χ0) is 13.7. The largest absolute Gasteiger partial charge is 0.299 e. The lowest BCUT2D eigenvalue weighted by molar-refractivity contribution is -0.119. The molecule has 19 heavy (non-hydrogen) atoms. The lowest BCUT2D eigenvalue weighted by Crippen LogP contribution is -2.10. The number of halogens is 2. The topological polar surface area (TPSA) is 17.1 Å². The van der Waals surface area contributed by atoms with Crippen molar-refractivity contribution in [3.8, 4) is 0 Å². The van der Waals surface area contributed by atoms with Gasteiger partial charge in [0.2, 0.25) is 0 Å². The number of rotatable bonds is 4. The molecule has 2 rings (SSSR count). The fraction of sp³-hybridized carbons (Fsp3) is 0.562. The quantitative estimate of drug-likeness (QED) is 0.707. The van der Waals surface area contributed by atoms with Crippen LogP contribution in [0.1, 0.15) is 50.5 Å². The maximum atomic E-state index is 13.1. The highest BCUT2D eigenvalue weighted by molar-refractivity contribution is 9.10. The van der Waals surface area contributed by atoms with Crippen molar-refractivity contribution in [2.75, 3.05) is 0 Å². The molecular formula is C16H20BrFO. The highest BCUT2D eigenvalue weighted by Gasteiger charge is 2.16. The van der Waals surface area contributed by atoms with Gasteiger partial charge in [0.25, 0.3) is 0 Å². The molecule has 0 bridgehead atoms. The van der Waals surface area contributed by atoms with Gasteiger partial charge in [-0.3, -0.25) is 4.79 Å². The summed E-state index contributed by atoms with van der Waals surface area (Å²) in [5.74, 6) is 0.573. The zero-order valence-electron chi connectivity index (χ0n) is 11.1. The first-order chi connectivity index (χ1) is 9.15. The number of Topliss-reactive ketones (excluding diaryl/α,β-unsaturated/α-hetero) is 1. The van der Waals surface area contributed by atoms with E-state index in [1.165, 1.54) is 44.6 Å². The van der Waals surface area contributed by atoms with Gasteiger partial charge in [-0.15, -0.1) is 0 Å². The summed E-state index contributed by atoms with van der Waals surface area (Å²) in [6, 6.07) is 4.82. The van der Waals surface area contributed by atoms with Crippen molar-refractivity contribution >= 4 is 21.7 Å². The minimum Gasteiger partial charge on any atom is -0.299 e. The number of carbonyl (C=O) groups is 1. The van der Waals surface area contributed by atoms with Gasteiger partial charge in [-0.2, -0.15) is 0 Å². The highest BCUT2D eigenvalue weighted by atomic mass is 79.9. The Morgan fingerprint density at radius 1 is 1.21 bits per heavy atom. The van der Waals surface area contributed by atoms with Gasteiger partial charge in [0, 0.05) is 12.8 Å². The Bertz CT molecular complexity index is 436. The summed E-state index contributed by atoms with van der Waals surface area (Å²) in [5, 5.41) is 0. The minimum absolute atomic E-state index is 0.278. The Morgan fingerprint density at radius 2 is 1.89 bits per heavy atom. The van der Waals surface area contributed by atoms with Crippen LogP contribution in [0.3, 0.4) is 0 Å². The van der Waals surface area contributed by atoms with Crippen molar-refractivity contribution in [3.63, 3.8) is 0 Å². The summed E-state index contributed by atoms with van der Waals surface area (Å²) in [7, 11) is 0.